The second-order valence-corrected chi connectivity index (χ2v) is 7.91. The highest BCUT2D eigenvalue weighted by atomic mass is 16.2. The van der Waals surface area contributed by atoms with Crippen molar-refractivity contribution in [3.05, 3.63) is 63.7 Å². The van der Waals surface area contributed by atoms with Crippen LogP contribution >= 0.6 is 0 Å². The van der Waals surface area contributed by atoms with Crippen molar-refractivity contribution in [3.63, 3.8) is 0 Å². The summed E-state index contributed by atoms with van der Waals surface area (Å²) in [6, 6.07) is 9.52. The summed E-state index contributed by atoms with van der Waals surface area (Å²) < 4.78 is 1.61. The first-order chi connectivity index (χ1) is 14.2. The number of H-pyrrole nitrogens is 1. The van der Waals surface area contributed by atoms with Crippen LogP contribution in [0.1, 0.15) is 28.0 Å². The van der Waals surface area contributed by atoms with E-state index >= 15 is 0 Å². The van der Waals surface area contributed by atoms with Crippen LogP contribution in [0, 0.1) is 0 Å². The first-order valence-electron chi connectivity index (χ1n) is 10.4. The van der Waals surface area contributed by atoms with Crippen LogP contribution in [0.3, 0.4) is 0 Å². The van der Waals surface area contributed by atoms with E-state index in [2.05, 4.69) is 15.0 Å². The van der Waals surface area contributed by atoms with Gasteiger partial charge in [-0.15, -0.1) is 0 Å². The van der Waals surface area contributed by atoms with E-state index in [-0.39, 0.29) is 11.5 Å². The average molecular weight is 391 g/mol. The molecule has 0 spiro atoms. The molecular formula is C22H25N5O2. The Morgan fingerprint density at radius 3 is 2.79 bits per heavy atom. The molecule has 1 N–H and O–H groups in total. The van der Waals surface area contributed by atoms with Crippen molar-refractivity contribution >= 4 is 16.8 Å². The smallest absolute Gasteiger partial charge is 0.267 e. The highest BCUT2D eigenvalue weighted by Gasteiger charge is 2.23. The Bertz CT molecular complexity index is 1110. The van der Waals surface area contributed by atoms with Crippen LogP contribution in [0.15, 0.2) is 41.3 Å². The number of aryl methyl sites for hydroxylation is 2. The summed E-state index contributed by atoms with van der Waals surface area (Å²) in [5, 5.41) is 5.53. The number of hydrogen-bond acceptors (Lipinski definition) is 4. The van der Waals surface area contributed by atoms with E-state index in [1.807, 2.05) is 35.4 Å². The number of carbonyl (C=O) groups is 1. The molecule has 1 aromatic carbocycles. The van der Waals surface area contributed by atoms with E-state index in [9.17, 15) is 9.59 Å². The van der Waals surface area contributed by atoms with Crippen molar-refractivity contribution in [3.8, 4) is 0 Å². The molecule has 3 aromatic rings. The molecular weight excluding hydrogens is 366 g/mol. The highest BCUT2D eigenvalue weighted by molar-refractivity contribution is 6.06. The van der Waals surface area contributed by atoms with Gasteiger partial charge >= 0.3 is 0 Å². The van der Waals surface area contributed by atoms with Gasteiger partial charge in [0.25, 0.3) is 11.5 Å². The number of nitrogens with zero attached hydrogens (tertiary/aromatic N) is 4. The zero-order chi connectivity index (χ0) is 19.8. The van der Waals surface area contributed by atoms with E-state index in [1.54, 1.807) is 10.7 Å². The second kappa shape index (κ2) is 7.48. The minimum atomic E-state index is -0.000870. The minimum absolute atomic E-state index is 0.000870. The number of benzene rings is 1. The van der Waals surface area contributed by atoms with Crippen LogP contribution in [0.25, 0.3) is 10.9 Å². The van der Waals surface area contributed by atoms with E-state index in [0.717, 1.165) is 66.6 Å². The predicted molar refractivity (Wildman–Crippen MR) is 111 cm³/mol. The summed E-state index contributed by atoms with van der Waals surface area (Å²) in [5.74, 6) is 0.0892. The van der Waals surface area contributed by atoms with Crippen molar-refractivity contribution in [2.24, 2.45) is 0 Å². The number of hydrogen-bond donors (Lipinski definition) is 1. The molecule has 29 heavy (non-hydrogen) atoms. The number of amides is 1. The maximum atomic E-state index is 13.0. The van der Waals surface area contributed by atoms with Crippen molar-refractivity contribution in [1.29, 1.82) is 0 Å². The fourth-order valence-corrected chi connectivity index (χ4v) is 4.45. The van der Waals surface area contributed by atoms with Crippen molar-refractivity contribution in [1.82, 2.24) is 24.6 Å². The Morgan fingerprint density at radius 1 is 1.07 bits per heavy atom. The first-order valence-corrected chi connectivity index (χ1v) is 10.4. The molecule has 1 fully saturated rings. The number of piperazine rings is 1. The molecule has 1 aliphatic heterocycles. The summed E-state index contributed by atoms with van der Waals surface area (Å²) in [4.78, 5) is 32.7. The maximum absolute atomic E-state index is 13.0. The summed E-state index contributed by atoms with van der Waals surface area (Å²) in [6.07, 6.45) is 4.92. The zero-order valence-electron chi connectivity index (χ0n) is 16.4. The molecule has 7 heteroatoms. The largest absolute Gasteiger partial charge is 0.361 e. The number of fused-ring (bicyclic) bond motifs is 2. The average Bonchev–Trinajstić information content (AvgIpc) is 3.40. The molecule has 1 saturated heterocycles. The van der Waals surface area contributed by atoms with Crippen LogP contribution < -0.4 is 5.56 Å². The molecule has 0 unspecified atom stereocenters. The van der Waals surface area contributed by atoms with Gasteiger partial charge in [0.2, 0.25) is 0 Å². The Hall–Kier alpha value is -2.93. The monoisotopic (exact) mass is 391 g/mol. The number of carbonyl (C=O) groups excluding carboxylic acids is 1. The fourth-order valence-electron chi connectivity index (χ4n) is 4.45. The minimum Gasteiger partial charge on any atom is -0.361 e. The van der Waals surface area contributed by atoms with Gasteiger partial charge in [0, 0.05) is 61.5 Å². The van der Waals surface area contributed by atoms with Crippen LogP contribution in [0.5, 0.6) is 0 Å². The first kappa shape index (κ1) is 18.1. The lowest BCUT2D eigenvalue weighted by atomic mass is 10.1. The molecule has 150 valence electrons. The molecule has 3 heterocycles. The normalized spacial score (nSPS) is 17.0. The van der Waals surface area contributed by atoms with Crippen LogP contribution in [-0.2, 0) is 19.4 Å². The van der Waals surface area contributed by atoms with E-state index in [1.165, 1.54) is 0 Å². The lowest BCUT2D eigenvalue weighted by Crippen LogP contribution is -2.49. The molecule has 0 atom stereocenters. The molecule has 2 aromatic heterocycles. The topological polar surface area (TPSA) is 74.2 Å². The van der Waals surface area contributed by atoms with Gasteiger partial charge in [-0.2, -0.15) is 5.10 Å². The molecule has 0 radical (unpaired) electrons. The van der Waals surface area contributed by atoms with Gasteiger partial charge in [0.1, 0.15) is 0 Å². The number of aromatic nitrogens is 3. The van der Waals surface area contributed by atoms with Gasteiger partial charge in [-0.3, -0.25) is 14.5 Å². The molecule has 5 rings (SSSR count). The van der Waals surface area contributed by atoms with Crippen LogP contribution in [0.4, 0.5) is 0 Å². The Morgan fingerprint density at radius 2 is 1.93 bits per heavy atom. The molecule has 7 nitrogen and oxygen atoms in total. The van der Waals surface area contributed by atoms with Crippen LogP contribution in [0.2, 0.25) is 0 Å². The standard InChI is InChI=1S/C22H25N5O2/c28-21-15-16-3-1-5-19(16)24-27(21)14-11-25-9-12-26(13-10-25)22(29)18-4-2-6-20-17(18)7-8-23-20/h2,4,6-8,15,23H,1,3,5,9-14H2. The molecule has 0 bridgehead atoms. The van der Waals surface area contributed by atoms with Gasteiger partial charge in [0.05, 0.1) is 12.2 Å². The van der Waals surface area contributed by atoms with Gasteiger partial charge in [-0.1, -0.05) is 6.07 Å². The lowest BCUT2D eigenvalue weighted by Gasteiger charge is -2.34. The second-order valence-electron chi connectivity index (χ2n) is 7.91. The number of nitrogens with one attached hydrogen (secondary N) is 1. The third-order valence-electron chi connectivity index (χ3n) is 6.14. The zero-order valence-corrected chi connectivity index (χ0v) is 16.4. The van der Waals surface area contributed by atoms with Gasteiger partial charge < -0.3 is 9.88 Å². The SMILES string of the molecule is O=C(c1cccc2[nH]ccc12)N1CCN(CCn2nc3c(cc2=O)CCC3)CC1. The fraction of sp³-hybridized carbons (Fsp3) is 0.409. The van der Waals surface area contributed by atoms with Crippen molar-refractivity contribution in [2.45, 2.75) is 25.8 Å². The van der Waals surface area contributed by atoms with Gasteiger partial charge in [0.15, 0.2) is 0 Å². The van der Waals surface area contributed by atoms with E-state index in [4.69, 9.17) is 0 Å². The third-order valence-corrected chi connectivity index (χ3v) is 6.14. The molecule has 0 saturated carbocycles. The lowest BCUT2D eigenvalue weighted by molar-refractivity contribution is 0.0633. The number of rotatable bonds is 4. The molecule has 1 amide bonds. The van der Waals surface area contributed by atoms with Crippen molar-refractivity contribution in [2.75, 3.05) is 32.7 Å². The maximum Gasteiger partial charge on any atom is 0.267 e. The Kier molecular flexibility index (Phi) is 4.67. The number of aromatic amines is 1. The van der Waals surface area contributed by atoms with Gasteiger partial charge in [-0.05, 0) is 43.0 Å². The van der Waals surface area contributed by atoms with Gasteiger partial charge in [-0.25, -0.2) is 4.68 Å². The molecule has 2 aliphatic rings. The Balaban J connectivity index is 1.19. The highest BCUT2D eigenvalue weighted by Crippen LogP contribution is 2.20. The summed E-state index contributed by atoms with van der Waals surface area (Å²) in [5.41, 5.74) is 3.95. The predicted octanol–water partition coefficient (Wildman–Crippen LogP) is 1.67. The Labute approximate surface area is 168 Å². The van der Waals surface area contributed by atoms with Crippen LogP contribution in [-0.4, -0.2) is 63.2 Å². The van der Waals surface area contributed by atoms with E-state index in [0.29, 0.717) is 19.6 Å². The summed E-state index contributed by atoms with van der Waals surface area (Å²) in [7, 11) is 0. The molecule has 1 aliphatic carbocycles. The van der Waals surface area contributed by atoms with E-state index < -0.39 is 0 Å². The third kappa shape index (κ3) is 3.46. The van der Waals surface area contributed by atoms with Crippen molar-refractivity contribution < 1.29 is 4.79 Å². The summed E-state index contributed by atoms with van der Waals surface area (Å²) in [6.45, 7) is 4.41. The summed E-state index contributed by atoms with van der Waals surface area (Å²) >= 11 is 0. The quantitative estimate of drug-likeness (QED) is 0.734.